The van der Waals surface area contributed by atoms with E-state index in [1.54, 1.807) is 0 Å². The van der Waals surface area contributed by atoms with Crippen LogP contribution in [-0.4, -0.2) is 23.2 Å². The van der Waals surface area contributed by atoms with Crippen LogP contribution in [0.5, 0.6) is 0 Å². The van der Waals surface area contributed by atoms with Crippen LogP contribution in [0.4, 0.5) is 0 Å². The molecule has 4 heteroatoms. The molecule has 0 radical (unpaired) electrons. The molecule has 0 amide bonds. The van der Waals surface area contributed by atoms with Crippen molar-refractivity contribution in [1.29, 1.82) is 0 Å². The van der Waals surface area contributed by atoms with Crippen LogP contribution in [0, 0.1) is 0 Å². The maximum absolute atomic E-state index is 5.28. The molecule has 1 fully saturated rings. The van der Waals surface area contributed by atoms with Crippen molar-refractivity contribution in [3.05, 3.63) is 11.7 Å². The Morgan fingerprint density at radius 2 is 2.12 bits per heavy atom. The lowest BCUT2D eigenvalue weighted by atomic mass is 9.98. The standard InChI is InChI=1S/C12H21N3O/c1-2-3-4-5-11-14-12(15-16-11)10-6-8-13-9-7-10/h10,13H,2-9H2,1H3. The molecule has 0 bridgehead atoms. The molecule has 0 spiro atoms. The van der Waals surface area contributed by atoms with E-state index < -0.39 is 0 Å². The van der Waals surface area contributed by atoms with Gasteiger partial charge >= 0.3 is 0 Å². The monoisotopic (exact) mass is 223 g/mol. The summed E-state index contributed by atoms with van der Waals surface area (Å²) >= 11 is 0. The van der Waals surface area contributed by atoms with E-state index in [-0.39, 0.29) is 0 Å². The quantitative estimate of drug-likeness (QED) is 0.778. The van der Waals surface area contributed by atoms with E-state index in [0.29, 0.717) is 5.92 Å². The molecule has 1 N–H and O–H groups in total. The smallest absolute Gasteiger partial charge is 0.226 e. The van der Waals surface area contributed by atoms with Gasteiger partial charge in [0.1, 0.15) is 0 Å². The lowest BCUT2D eigenvalue weighted by molar-refractivity contribution is 0.357. The number of rotatable bonds is 5. The van der Waals surface area contributed by atoms with Gasteiger partial charge in [0, 0.05) is 12.3 Å². The van der Waals surface area contributed by atoms with Crippen molar-refractivity contribution in [2.24, 2.45) is 0 Å². The van der Waals surface area contributed by atoms with Crippen LogP contribution in [0.3, 0.4) is 0 Å². The maximum atomic E-state index is 5.28. The van der Waals surface area contributed by atoms with Gasteiger partial charge in [-0.05, 0) is 32.4 Å². The van der Waals surface area contributed by atoms with E-state index >= 15 is 0 Å². The second kappa shape index (κ2) is 5.99. The Hall–Kier alpha value is -0.900. The highest BCUT2D eigenvalue weighted by molar-refractivity contribution is 4.97. The normalized spacial score (nSPS) is 17.8. The third-order valence-electron chi connectivity index (χ3n) is 3.18. The third-order valence-corrected chi connectivity index (χ3v) is 3.18. The Morgan fingerprint density at radius 1 is 1.31 bits per heavy atom. The Morgan fingerprint density at radius 3 is 2.88 bits per heavy atom. The molecule has 1 aliphatic rings. The fraction of sp³-hybridized carbons (Fsp3) is 0.833. The van der Waals surface area contributed by atoms with E-state index in [1.165, 1.54) is 12.8 Å². The van der Waals surface area contributed by atoms with Crippen LogP contribution >= 0.6 is 0 Å². The number of hydrogen-bond donors (Lipinski definition) is 1. The molecular formula is C12H21N3O. The molecule has 0 atom stereocenters. The number of aromatic nitrogens is 2. The molecule has 0 aliphatic carbocycles. The van der Waals surface area contributed by atoms with Gasteiger partial charge in [0.05, 0.1) is 0 Å². The van der Waals surface area contributed by atoms with E-state index in [4.69, 9.17) is 4.52 Å². The molecule has 0 saturated carbocycles. The van der Waals surface area contributed by atoms with Crippen molar-refractivity contribution in [1.82, 2.24) is 15.5 Å². The molecule has 4 nitrogen and oxygen atoms in total. The molecule has 1 aromatic rings. The molecule has 1 aliphatic heterocycles. The Labute approximate surface area is 96.8 Å². The zero-order valence-corrected chi connectivity index (χ0v) is 10.0. The Bertz CT molecular complexity index is 305. The largest absolute Gasteiger partial charge is 0.339 e. The zero-order chi connectivity index (χ0) is 11.2. The highest BCUT2D eigenvalue weighted by Gasteiger charge is 2.20. The van der Waals surface area contributed by atoms with Gasteiger partial charge in [0.2, 0.25) is 5.89 Å². The lowest BCUT2D eigenvalue weighted by Gasteiger charge is -2.18. The van der Waals surface area contributed by atoms with E-state index in [0.717, 1.165) is 50.5 Å². The number of piperidine rings is 1. The van der Waals surface area contributed by atoms with Crippen molar-refractivity contribution < 1.29 is 4.52 Å². The highest BCUT2D eigenvalue weighted by atomic mass is 16.5. The fourth-order valence-corrected chi connectivity index (χ4v) is 2.14. The minimum Gasteiger partial charge on any atom is -0.339 e. The summed E-state index contributed by atoms with van der Waals surface area (Å²) in [6, 6.07) is 0. The summed E-state index contributed by atoms with van der Waals surface area (Å²) in [4.78, 5) is 4.50. The minimum atomic E-state index is 0.505. The predicted molar refractivity (Wildman–Crippen MR) is 62.4 cm³/mol. The Balaban J connectivity index is 1.85. The van der Waals surface area contributed by atoms with Crippen LogP contribution in [-0.2, 0) is 6.42 Å². The van der Waals surface area contributed by atoms with Crippen LogP contribution in [0.1, 0.15) is 56.7 Å². The average molecular weight is 223 g/mol. The first-order valence-electron chi connectivity index (χ1n) is 6.43. The van der Waals surface area contributed by atoms with Crippen molar-refractivity contribution in [3.63, 3.8) is 0 Å². The number of unbranched alkanes of at least 4 members (excludes halogenated alkanes) is 2. The molecule has 90 valence electrons. The lowest BCUT2D eigenvalue weighted by Crippen LogP contribution is -2.27. The number of nitrogens with zero attached hydrogens (tertiary/aromatic N) is 2. The van der Waals surface area contributed by atoms with Gasteiger partial charge in [-0.15, -0.1) is 0 Å². The third kappa shape index (κ3) is 3.04. The average Bonchev–Trinajstić information content (AvgIpc) is 2.79. The molecule has 0 unspecified atom stereocenters. The van der Waals surface area contributed by atoms with E-state index in [2.05, 4.69) is 22.4 Å². The summed E-state index contributed by atoms with van der Waals surface area (Å²) < 4.78 is 5.28. The molecule has 2 rings (SSSR count). The summed E-state index contributed by atoms with van der Waals surface area (Å²) in [6.07, 6.45) is 6.83. The summed E-state index contributed by atoms with van der Waals surface area (Å²) in [5, 5.41) is 7.45. The summed E-state index contributed by atoms with van der Waals surface area (Å²) in [7, 11) is 0. The summed E-state index contributed by atoms with van der Waals surface area (Å²) in [5.41, 5.74) is 0. The predicted octanol–water partition coefficient (Wildman–Crippen LogP) is 2.27. The molecule has 0 aromatic carbocycles. The second-order valence-corrected chi connectivity index (χ2v) is 4.53. The van der Waals surface area contributed by atoms with Crippen LogP contribution in [0.25, 0.3) is 0 Å². The molecule has 1 saturated heterocycles. The van der Waals surface area contributed by atoms with Gasteiger partial charge in [-0.3, -0.25) is 0 Å². The van der Waals surface area contributed by atoms with Crippen molar-refractivity contribution in [2.75, 3.05) is 13.1 Å². The van der Waals surface area contributed by atoms with E-state index in [1.807, 2.05) is 0 Å². The van der Waals surface area contributed by atoms with Crippen LogP contribution < -0.4 is 5.32 Å². The zero-order valence-electron chi connectivity index (χ0n) is 10.0. The van der Waals surface area contributed by atoms with Gasteiger partial charge in [-0.25, -0.2) is 0 Å². The Kier molecular flexibility index (Phi) is 4.34. The minimum absolute atomic E-state index is 0.505. The maximum Gasteiger partial charge on any atom is 0.226 e. The van der Waals surface area contributed by atoms with Crippen molar-refractivity contribution in [2.45, 2.75) is 51.4 Å². The first-order valence-corrected chi connectivity index (χ1v) is 6.43. The van der Waals surface area contributed by atoms with Crippen LogP contribution in [0.15, 0.2) is 4.52 Å². The van der Waals surface area contributed by atoms with Gasteiger partial charge in [0.15, 0.2) is 5.82 Å². The van der Waals surface area contributed by atoms with Crippen molar-refractivity contribution >= 4 is 0 Å². The van der Waals surface area contributed by atoms with Crippen LogP contribution in [0.2, 0.25) is 0 Å². The summed E-state index contributed by atoms with van der Waals surface area (Å²) in [5.74, 6) is 2.25. The number of hydrogen-bond acceptors (Lipinski definition) is 4. The SMILES string of the molecule is CCCCCc1nc(C2CCNCC2)no1. The topological polar surface area (TPSA) is 51.0 Å². The van der Waals surface area contributed by atoms with Gasteiger partial charge < -0.3 is 9.84 Å². The molecular weight excluding hydrogens is 202 g/mol. The first kappa shape index (κ1) is 11.6. The first-order chi connectivity index (χ1) is 7.90. The number of nitrogens with one attached hydrogen (secondary N) is 1. The molecule has 1 aromatic heterocycles. The van der Waals surface area contributed by atoms with Gasteiger partial charge in [-0.2, -0.15) is 4.98 Å². The summed E-state index contributed by atoms with van der Waals surface area (Å²) in [6.45, 7) is 4.35. The molecule has 2 heterocycles. The highest BCUT2D eigenvalue weighted by Crippen LogP contribution is 2.22. The second-order valence-electron chi connectivity index (χ2n) is 4.53. The fourth-order valence-electron chi connectivity index (χ4n) is 2.14. The van der Waals surface area contributed by atoms with Crippen molar-refractivity contribution in [3.8, 4) is 0 Å². The number of aryl methyl sites for hydroxylation is 1. The molecule has 16 heavy (non-hydrogen) atoms. The van der Waals surface area contributed by atoms with Gasteiger partial charge in [-0.1, -0.05) is 24.9 Å². The van der Waals surface area contributed by atoms with E-state index in [9.17, 15) is 0 Å². The van der Waals surface area contributed by atoms with Gasteiger partial charge in [0.25, 0.3) is 0 Å².